The van der Waals surface area contributed by atoms with E-state index in [-0.39, 0.29) is 0 Å². The van der Waals surface area contributed by atoms with Crippen LogP contribution in [0, 0.1) is 12.8 Å². The van der Waals surface area contributed by atoms with Gasteiger partial charge in [0.1, 0.15) is 5.75 Å². The van der Waals surface area contributed by atoms with Gasteiger partial charge in [0.15, 0.2) is 0 Å². The van der Waals surface area contributed by atoms with E-state index >= 15 is 0 Å². The van der Waals surface area contributed by atoms with Crippen molar-refractivity contribution in [1.82, 2.24) is 0 Å². The zero-order valence-electron chi connectivity index (χ0n) is 15.3. The Hall–Kier alpha value is -1.80. The van der Waals surface area contributed by atoms with E-state index in [1.165, 1.54) is 29.5 Å². The molecule has 24 heavy (non-hydrogen) atoms. The molecular weight excluding hydrogens is 296 g/mol. The van der Waals surface area contributed by atoms with Crippen LogP contribution in [0.25, 0.3) is 0 Å². The quantitative estimate of drug-likeness (QED) is 0.596. The van der Waals surface area contributed by atoms with Gasteiger partial charge in [-0.15, -0.1) is 0 Å². The van der Waals surface area contributed by atoms with Crippen molar-refractivity contribution in [2.24, 2.45) is 5.92 Å². The van der Waals surface area contributed by atoms with E-state index in [1.54, 1.807) is 14.2 Å². The fourth-order valence-electron chi connectivity index (χ4n) is 3.26. The van der Waals surface area contributed by atoms with Gasteiger partial charge in [-0.05, 0) is 62.1 Å². The highest BCUT2D eigenvalue weighted by molar-refractivity contribution is 5.36. The van der Waals surface area contributed by atoms with E-state index in [4.69, 9.17) is 9.47 Å². The summed E-state index contributed by atoms with van der Waals surface area (Å²) in [6.07, 6.45) is 5.73. The SMILES string of the molecule is COCCC(CCCc1cc(C)ccc1OC)Cc1ccccc1. The van der Waals surface area contributed by atoms with Crippen LogP contribution in [0.3, 0.4) is 0 Å². The highest BCUT2D eigenvalue weighted by Gasteiger charge is 2.11. The van der Waals surface area contributed by atoms with Crippen molar-refractivity contribution in [1.29, 1.82) is 0 Å². The second-order valence-corrected chi connectivity index (χ2v) is 6.54. The number of methoxy groups -OCH3 is 2. The molecule has 2 heteroatoms. The summed E-state index contributed by atoms with van der Waals surface area (Å²) in [6.45, 7) is 2.98. The molecule has 2 rings (SSSR count). The number of benzene rings is 2. The maximum absolute atomic E-state index is 5.50. The van der Waals surface area contributed by atoms with Crippen LogP contribution in [0.4, 0.5) is 0 Å². The number of rotatable bonds is 10. The van der Waals surface area contributed by atoms with Crippen molar-refractivity contribution in [2.45, 2.75) is 39.0 Å². The van der Waals surface area contributed by atoms with Gasteiger partial charge in [-0.25, -0.2) is 0 Å². The summed E-state index contributed by atoms with van der Waals surface area (Å²) in [5.74, 6) is 1.68. The molecule has 130 valence electrons. The summed E-state index contributed by atoms with van der Waals surface area (Å²) >= 11 is 0. The van der Waals surface area contributed by atoms with Gasteiger partial charge in [0.05, 0.1) is 7.11 Å². The van der Waals surface area contributed by atoms with E-state index in [9.17, 15) is 0 Å². The van der Waals surface area contributed by atoms with Gasteiger partial charge in [-0.2, -0.15) is 0 Å². The van der Waals surface area contributed by atoms with Crippen molar-refractivity contribution in [2.75, 3.05) is 20.8 Å². The molecule has 2 nitrogen and oxygen atoms in total. The van der Waals surface area contributed by atoms with Crippen molar-refractivity contribution in [3.63, 3.8) is 0 Å². The Labute approximate surface area is 146 Å². The Kier molecular flexibility index (Phi) is 7.84. The molecule has 2 aromatic carbocycles. The molecule has 0 aromatic heterocycles. The monoisotopic (exact) mass is 326 g/mol. The largest absolute Gasteiger partial charge is 0.496 e. The van der Waals surface area contributed by atoms with Gasteiger partial charge in [0, 0.05) is 13.7 Å². The summed E-state index contributed by atoms with van der Waals surface area (Å²) in [5.41, 5.74) is 4.04. The van der Waals surface area contributed by atoms with Crippen molar-refractivity contribution < 1.29 is 9.47 Å². The normalized spacial score (nSPS) is 12.1. The van der Waals surface area contributed by atoms with Crippen LogP contribution in [0.5, 0.6) is 5.75 Å². The Morgan fingerprint density at radius 2 is 1.75 bits per heavy atom. The molecule has 0 amide bonds. The molecule has 1 unspecified atom stereocenters. The molecule has 0 saturated carbocycles. The minimum absolute atomic E-state index is 0.670. The molecule has 0 saturated heterocycles. The third-order valence-electron chi connectivity index (χ3n) is 4.59. The number of aryl methyl sites for hydroxylation is 2. The van der Waals surface area contributed by atoms with E-state index in [0.717, 1.165) is 31.6 Å². The molecule has 1 atom stereocenters. The molecule has 0 spiro atoms. The topological polar surface area (TPSA) is 18.5 Å². The number of hydrogen-bond donors (Lipinski definition) is 0. The maximum Gasteiger partial charge on any atom is 0.122 e. The first-order valence-corrected chi connectivity index (χ1v) is 8.89. The van der Waals surface area contributed by atoms with Gasteiger partial charge in [-0.3, -0.25) is 0 Å². The van der Waals surface area contributed by atoms with Gasteiger partial charge in [0.25, 0.3) is 0 Å². The van der Waals surface area contributed by atoms with Crippen LogP contribution >= 0.6 is 0 Å². The Morgan fingerprint density at radius 3 is 2.46 bits per heavy atom. The first-order valence-electron chi connectivity index (χ1n) is 8.89. The van der Waals surface area contributed by atoms with Crippen LogP contribution in [0.1, 0.15) is 36.0 Å². The fraction of sp³-hybridized carbons (Fsp3) is 0.455. The average Bonchev–Trinajstić information content (AvgIpc) is 2.60. The molecular formula is C22H30O2. The highest BCUT2D eigenvalue weighted by atomic mass is 16.5. The van der Waals surface area contributed by atoms with Crippen LogP contribution in [-0.2, 0) is 17.6 Å². The van der Waals surface area contributed by atoms with E-state index in [0.29, 0.717) is 5.92 Å². The minimum atomic E-state index is 0.670. The Balaban J connectivity index is 1.91. The number of ether oxygens (including phenoxy) is 2. The fourth-order valence-corrected chi connectivity index (χ4v) is 3.26. The molecule has 0 fully saturated rings. The summed E-state index contributed by atoms with van der Waals surface area (Å²) in [4.78, 5) is 0. The summed E-state index contributed by atoms with van der Waals surface area (Å²) in [5, 5.41) is 0. The van der Waals surface area contributed by atoms with E-state index in [2.05, 4.69) is 55.5 Å². The number of hydrogen-bond acceptors (Lipinski definition) is 2. The van der Waals surface area contributed by atoms with Crippen molar-refractivity contribution in [3.8, 4) is 5.75 Å². The standard InChI is InChI=1S/C22H30O2/c1-18-12-13-22(24-3)21(16-18)11-7-10-20(14-15-23-2)17-19-8-5-4-6-9-19/h4-6,8-9,12-13,16,20H,7,10-11,14-15,17H2,1-3H3. The van der Waals surface area contributed by atoms with Crippen LogP contribution < -0.4 is 4.74 Å². The predicted octanol–water partition coefficient (Wildman–Crippen LogP) is 5.22. The van der Waals surface area contributed by atoms with Gasteiger partial charge < -0.3 is 9.47 Å². The molecule has 0 N–H and O–H groups in total. The Morgan fingerprint density at radius 1 is 0.958 bits per heavy atom. The molecule has 0 aliphatic carbocycles. The lowest BCUT2D eigenvalue weighted by atomic mass is 9.90. The smallest absolute Gasteiger partial charge is 0.122 e. The van der Waals surface area contributed by atoms with E-state index in [1.807, 2.05) is 0 Å². The lowest BCUT2D eigenvalue weighted by molar-refractivity contribution is 0.174. The van der Waals surface area contributed by atoms with Crippen molar-refractivity contribution in [3.05, 3.63) is 65.2 Å². The second-order valence-electron chi connectivity index (χ2n) is 6.54. The maximum atomic E-state index is 5.50. The second kappa shape index (κ2) is 10.1. The van der Waals surface area contributed by atoms with Gasteiger partial charge in [0.2, 0.25) is 0 Å². The molecule has 0 radical (unpaired) electrons. The molecule has 0 heterocycles. The summed E-state index contributed by atoms with van der Waals surface area (Å²) < 4.78 is 10.8. The molecule has 0 aliphatic heterocycles. The first-order chi connectivity index (χ1) is 11.7. The van der Waals surface area contributed by atoms with Crippen LogP contribution in [0.2, 0.25) is 0 Å². The summed E-state index contributed by atoms with van der Waals surface area (Å²) in [7, 11) is 3.54. The average molecular weight is 326 g/mol. The third-order valence-corrected chi connectivity index (χ3v) is 4.59. The lowest BCUT2D eigenvalue weighted by Crippen LogP contribution is -2.09. The minimum Gasteiger partial charge on any atom is -0.496 e. The van der Waals surface area contributed by atoms with E-state index < -0.39 is 0 Å². The zero-order chi connectivity index (χ0) is 17.2. The highest BCUT2D eigenvalue weighted by Crippen LogP contribution is 2.24. The first kappa shape index (κ1) is 18.5. The van der Waals surface area contributed by atoms with Crippen molar-refractivity contribution >= 4 is 0 Å². The molecule has 0 bridgehead atoms. The summed E-state index contributed by atoms with van der Waals surface area (Å²) in [6, 6.07) is 17.2. The van der Waals surface area contributed by atoms with Gasteiger partial charge >= 0.3 is 0 Å². The lowest BCUT2D eigenvalue weighted by Gasteiger charge is -2.17. The van der Waals surface area contributed by atoms with Crippen LogP contribution in [0.15, 0.2) is 48.5 Å². The predicted molar refractivity (Wildman–Crippen MR) is 101 cm³/mol. The van der Waals surface area contributed by atoms with Crippen LogP contribution in [-0.4, -0.2) is 20.8 Å². The molecule has 0 aliphatic rings. The third kappa shape index (κ3) is 6.01. The molecule has 2 aromatic rings. The zero-order valence-corrected chi connectivity index (χ0v) is 15.3. The Bertz CT molecular complexity index is 592. The van der Waals surface area contributed by atoms with Gasteiger partial charge in [-0.1, -0.05) is 48.0 Å².